The van der Waals surface area contributed by atoms with Crippen molar-refractivity contribution in [1.82, 2.24) is 10.3 Å². The molecule has 0 radical (unpaired) electrons. The number of thiazole rings is 1. The normalized spacial score (nSPS) is 15.5. The van der Waals surface area contributed by atoms with Gasteiger partial charge in [-0.25, -0.2) is 4.98 Å². The Bertz CT molecular complexity index is 723. The summed E-state index contributed by atoms with van der Waals surface area (Å²) in [7, 11) is 0. The number of nitrogens with zero attached hydrogens (tertiary/aromatic N) is 2. The molecule has 0 atom stereocenters. The maximum Gasteiger partial charge on any atom is 0.223 e. The molecule has 6 heteroatoms. The average molecular weight is 376 g/mol. The number of nitrogens with one attached hydrogen (secondary N) is 1. The van der Waals surface area contributed by atoms with Gasteiger partial charge in [-0.3, -0.25) is 4.79 Å². The number of rotatable bonds is 8. The number of aryl methyl sites for hydroxylation is 1. The molecule has 0 aliphatic carbocycles. The van der Waals surface area contributed by atoms with Crippen LogP contribution in [-0.2, 0) is 16.0 Å². The fraction of sp³-hybridized carbons (Fsp3) is 0.600. The first-order chi connectivity index (χ1) is 12.7. The summed E-state index contributed by atoms with van der Waals surface area (Å²) < 4.78 is 6.56. The molecule has 1 N–H and O–H groups in total. The van der Waals surface area contributed by atoms with Crippen LogP contribution in [0.4, 0.5) is 5.13 Å². The molecule has 2 aromatic rings. The quantitative estimate of drug-likeness (QED) is 0.716. The monoisotopic (exact) mass is 375 g/mol. The lowest BCUT2D eigenvalue weighted by Gasteiger charge is -2.31. The number of benzene rings is 1. The molecule has 3 rings (SSSR count). The molecular formula is C20H29N3O2S. The Morgan fingerprint density at radius 2 is 2.15 bits per heavy atom. The second kappa shape index (κ2) is 9.33. The molecule has 0 unspecified atom stereocenters. The van der Waals surface area contributed by atoms with Crippen molar-refractivity contribution in [1.29, 1.82) is 0 Å². The number of hydrogen-bond acceptors (Lipinski definition) is 5. The van der Waals surface area contributed by atoms with Gasteiger partial charge in [-0.05, 0) is 50.3 Å². The van der Waals surface area contributed by atoms with E-state index in [0.717, 1.165) is 56.0 Å². The van der Waals surface area contributed by atoms with Gasteiger partial charge < -0.3 is 15.0 Å². The van der Waals surface area contributed by atoms with Crippen LogP contribution < -0.4 is 10.2 Å². The Morgan fingerprint density at radius 3 is 2.88 bits per heavy atom. The molecule has 0 saturated carbocycles. The number of carbonyl (C=O) groups excluding carboxylic acids is 1. The van der Waals surface area contributed by atoms with Crippen LogP contribution in [0.5, 0.6) is 0 Å². The van der Waals surface area contributed by atoms with E-state index in [4.69, 9.17) is 9.72 Å². The summed E-state index contributed by atoms with van der Waals surface area (Å²) in [6.07, 6.45) is 3.72. The number of aromatic nitrogens is 1. The SMILES string of the molecule is CCOCCCNC(=O)C1CCN(c2nc3ccc(CC)cc3s2)CC1. The third kappa shape index (κ3) is 4.74. The molecule has 1 aliphatic rings. The van der Waals surface area contributed by atoms with Crippen molar-refractivity contribution in [3.8, 4) is 0 Å². The zero-order valence-electron chi connectivity index (χ0n) is 15.8. The second-order valence-corrected chi connectivity index (χ2v) is 7.76. The van der Waals surface area contributed by atoms with E-state index in [9.17, 15) is 4.79 Å². The predicted molar refractivity (Wildman–Crippen MR) is 108 cm³/mol. The van der Waals surface area contributed by atoms with Crippen molar-refractivity contribution < 1.29 is 9.53 Å². The van der Waals surface area contributed by atoms with E-state index in [2.05, 4.69) is 35.3 Å². The van der Waals surface area contributed by atoms with E-state index in [1.54, 1.807) is 11.3 Å². The van der Waals surface area contributed by atoms with Gasteiger partial charge >= 0.3 is 0 Å². The molecule has 142 valence electrons. The summed E-state index contributed by atoms with van der Waals surface area (Å²) >= 11 is 1.76. The van der Waals surface area contributed by atoms with Crippen LogP contribution in [-0.4, -0.2) is 43.7 Å². The molecule has 1 saturated heterocycles. The van der Waals surface area contributed by atoms with Crippen LogP contribution in [0.2, 0.25) is 0 Å². The summed E-state index contributed by atoms with van der Waals surface area (Å²) in [4.78, 5) is 19.4. The van der Waals surface area contributed by atoms with Gasteiger partial charge in [-0.2, -0.15) is 0 Å². The topological polar surface area (TPSA) is 54.5 Å². The van der Waals surface area contributed by atoms with Gasteiger partial charge in [0.1, 0.15) is 0 Å². The fourth-order valence-electron chi connectivity index (χ4n) is 3.32. The van der Waals surface area contributed by atoms with Gasteiger partial charge in [-0.15, -0.1) is 0 Å². The lowest BCUT2D eigenvalue weighted by molar-refractivity contribution is -0.125. The molecule has 0 spiro atoms. The van der Waals surface area contributed by atoms with Gasteiger partial charge in [0.2, 0.25) is 5.91 Å². The van der Waals surface area contributed by atoms with Crippen molar-refractivity contribution in [2.75, 3.05) is 37.7 Å². The maximum atomic E-state index is 12.3. The first kappa shape index (κ1) is 19.1. The fourth-order valence-corrected chi connectivity index (χ4v) is 4.40. The highest BCUT2D eigenvalue weighted by molar-refractivity contribution is 7.22. The first-order valence-electron chi connectivity index (χ1n) is 9.71. The molecular weight excluding hydrogens is 346 g/mol. The molecule has 2 heterocycles. The number of fused-ring (bicyclic) bond motifs is 1. The van der Waals surface area contributed by atoms with Crippen LogP contribution in [0, 0.1) is 5.92 Å². The third-order valence-corrected chi connectivity index (χ3v) is 6.03. The smallest absolute Gasteiger partial charge is 0.223 e. The maximum absolute atomic E-state index is 12.3. The predicted octanol–water partition coefficient (Wildman–Crippen LogP) is 3.62. The number of carbonyl (C=O) groups is 1. The van der Waals surface area contributed by atoms with E-state index < -0.39 is 0 Å². The van der Waals surface area contributed by atoms with Crippen molar-refractivity contribution in [3.63, 3.8) is 0 Å². The Balaban J connectivity index is 1.49. The van der Waals surface area contributed by atoms with Crippen LogP contribution in [0.25, 0.3) is 10.2 Å². The van der Waals surface area contributed by atoms with Gasteiger partial charge in [0.25, 0.3) is 0 Å². The molecule has 1 aliphatic heterocycles. The summed E-state index contributed by atoms with van der Waals surface area (Å²) in [5.41, 5.74) is 2.43. The number of piperidine rings is 1. The third-order valence-electron chi connectivity index (χ3n) is 4.95. The highest BCUT2D eigenvalue weighted by atomic mass is 32.1. The first-order valence-corrected chi connectivity index (χ1v) is 10.5. The van der Waals surface area contributed by atoms with Crippen LogP contribution in [0.1, 0.15) is 38.7 Å². The zero-order valence-corrected chi connectivity index (χ0v) is 16.6. The number of amides is 1. The average Bonchev–Trinajstić information content (AvgIpc) is 3.11. The Kier molecular flexibility index (Phi) is 6.86. The number of hydrogen-bond donors (Lipinski definition) is 1. The van der Waals surface area contributed by atoms with Crippen LogP contribution in [0.3, 0.4) is 0 Å². The lowest BCUT2D eigenvalue weighted by atomic mass is 9.96. The van der Waals surface area contributed by atoms with Crippen molar-refractivity contribution in [3.05, 3.63) is 23.8 Å². The largest absolute Gasteiger partial charge is 0.382 e. The highest BCUT2D eigenvalue weighted by Gasteiger charge is 2.26. The van der Waals surface area contributed by atoms with Crippen molar-refractivity contribution in [2.24, 2.45) is 5.92 Å². The minimum Gasteiger partial charge on any atom is -0.382 e. The van der Waals surface area contributed by atoms with Crippen molar-refractivity contribution >= 4 is 32.6 Å². The van der Waals surface area contributed by atoms with Gasteiger partial charge in [0.15, 0.2) is 5.13 Å². The Labute approximate surface area is 159 Å². The van der Waals surface area contributed by atoms with E-state index in [0.29, 0.717) is 13.2 Å². The number of anilines is 1. The van der Waals surface area contributed by atoms with Crippen molar-refractivity contribution in [2.45, 2.75) is 39.5 Å². The van der Waals surface area contributed by atoms with Crippen LogP contribution >= 0.6 is 11.3 Å². The molecule has 1 fully saturated rings. The highest BCUT2D eigenvalue weighted by Crippen LogP contribution is 2.32. The van der Waals surface area contributed by atoms with E-state index in [1.807, 2.05) is 6.92 Å². The molecule has 5 nitrogen and oxygen atoms in total. The lowest BCUT2D eigenvalue weighted by Crippen LogP contribution is -2.40. The second-order valence-electron chi connectivity index (χ2n) is 6.75. The summed E-state index contributed by atoms with van der Waals surface area (Å²) in [5.74, 6) is 0.317. The zero-order chi connectivity index (χ0) is 18.4. The van der Waals surface area contributed by atoms with Gasteiger partial charge in [-0.1, -0.05) is 24.3 Å². The summed E-state index contributed by atoms with van der Waals surface area (Å²) in [5, 5.41) is 4.14. The standard InChI is InChI=1S/C20H29N3O2S/c1-3-15-6-7-17-18(14-15)26-20(22-17)23-11-8-16(9-12-23)19(24)21-10-5-13-25-4-2/h6-7,14,16H,3-5,8-13H2,1-2H3,(H,21,24). The van der Waals surface area contributed by atoms with Crippen LogP contribution in [0.15, 0.2) is 18.2 Å². The van der Waals surface area contributed by atoms with E-state index in [1.165, 1.54) is 10.3 Å². The summed E-state index contributed by atoms with van der Waals surface area (Å²) in [6.45, 7) is 8.12. The molecule has 1 aromatic heterocycles. The van der Waals surface area contributed by atoms with Gasteiger partial charge in [0, 0.05) is 38.8 Å². The van der Waals surface area contributed by atoms with E-state index >= 15 is 0 Å². The molecule has 1 amide bonds. The van der Waals surface area contributed by atoms with Gasteiger partial charge in [0.05, 0.1) is 10.2 Å². The molecule has 26 heavy (non-hydrogen) atoms. The number of ether oxygens (including phenoxy) is 1. The summed E-state index contributed by atoms with van der Waals surface area (Å²) in [6, 6.07) is 6.53. The molecule has 0 bridgehead atoms. The minimum absolute atomic E-state index is 0.124. The Hall–Kier alpha value is -1.66. The van der Waals surface area contributed by atoms with E-state index in [-0.39, 0.29) is 11.8 Å². The minimum atomic E-state index is 0.124. The Morgan fingerprint density at radius 1 is 1.35 bits per heavy atom. The molecule has 1 aromatic carbocycles.